The van der Waals surface area contributed by atoms with E-state index in [-0.39, 0.29) is 12.1 Å². The molecule has 1 unspecified atom stereocenters. The van der Waals surface area contributed by atoms with E-state index in [9.17, 15) is 8.42 Å². The summed E-state index contributed by atoms with van der Waals surface area (Å²) in [5, 5.41) is 3.39. The first kappa shape index (κ1) is 16.4. The molecule has 0 aromatic heterocycles. The monoisotopic (exact) mass is 369 g/mol. The Morgan fingerprint density at radius 3 is 2.46 bits per heavy atom. The van der Waals surface area contributed by atoms with E-state index in [1.54, 1.807) is 8.61 Å². The molecule has 3 aliphatic rings. The number of piperazine rings is 1. The largest absolute Gasteiger partial charge is 0.311 e. The average molecular weight is 369 g/mol. The highest BCUT2D eigenvalue weighted by Crippen LogP contribution is 2.39. The average Bonchev–Trinajstić information content (AvgIpc) is 3.31. The Morgan fingerprint density at radius 2 is 1.73 bits per heavy atom. The SMILES string of the molecule is O=S(=O)(N1CCc2ccccc2C1c1ccccc1)N1C[C@@H]2C[C@H]1CN2. The first-order valence-electron chi connectivity index (χ1n) is 9.29. The number of nitrogens with zero attached hydrogens (tertiary/aromatic N) is 2. The molecule has 1 N–H and O–H groups in total. The number of benzene rings is 2. The molecule has 3 aliphatic heterocycles. The number of nitrogens with one attached hydrogen (secondary N) is 1. The van der Waals surface area contributed by atoms with Crippen molar-refractivity contribution >= 4 is 10.2 Å². The fraction of sp³-hybridized carbons (Fsp3) is 0.400. The highest BCUT2D eigenvalue weighted by Gasteiger charge is 2.48. The van der Waals surface area contributed by atoms with Crippen molar-refractivity contribution in [3.8, 4) is 0 Å². The van der Waals surface area contributed by atoms with Gasteiger partial charge in [0.05, 0.1) is 6.04 Å². The Bertz CT molecular complexity index is 916. The molecule has 2 bridgehead atoms. The van der Waals surface area contributed by atoms with Crippen LogP contribution in [0.5, 0.6) is 0 Å². The van der Waals surface area contributed by atoms with Gasteiger partial charge in [-0.15, -0.1) is 0 Å². The third-order valence-corrected chi connectivity index (χ3v) is 7.98. The van der Waals surface area contributed by atoms with Crippen molar-refractivity contribution in [3.63, 3.8) is 0 Å². The molecule has 3 heterocycles. The van der Waals surface area contributed by atoms with Crippen LogP contribution in [0.25, 0.3) is 0 Å². The molecule has 0 aliphatic carbocycles. The Balaban J connectivity index is 1.59. The fourth-order valence-electron chi connectivity index (χ4n) is 4.71. The predicted octanol–water partition coefficient (Wildman–Crippen LogP) is 1.93. The van der Waals surface area contributed by atoms with Gasteiger partial charge in [0.2, 0.25) is 0 Å². The first-order chi connectivity index (χ1) is 12.6. The molecule has 5 nitrogen and oxygen atoms in total. The molecule has 2 aromatic carbocycles. The minimum Gasteiger partial charge on any atom is -0.311 e. The lowest BCUT2D eigenvalue weighted by atomic mass is 9.90. The van der Waals surface area contributed by atoms with Gasteiger partial charge in [0.25, 0.3) is 10.2 Å². The Hall–Kier alpha value is -1.73. The number of hydrogen-bond acceptors (Lipinski definition) is 3. The molecule has 0 spiro atoms. The maximum Gasteiger partial charge on any atom is 0.283 e. The van der Waals surface area contributed by atoms with Gasteiger partial charge in [-0.2, -0.15) is 17.0 Å². The zero-order valence-electron chi connectivity index (χ0n) is 14.6. The second-order valence-electron chi connectivity index (χ2n) is 7.44. The molecule has 136 valence electrons. The van der Waals surface area contributed by atoms with E-state index in [1.165, 1.54) is 5.56 Å². The molecule has 0 saturated carbocycles. The van der Waals surface area contributed by atoms with E-state index in [0.29, 0.717) is 19.1 Å². The van der Waals surface area contributed by atoms with Gasteiger partial charge >= 0.3 is 0 Å². The topological polar surface area (TPSA) is 52.7 Å². The van der Waals surface area contributed by atoms with Crippen LogP contribution in [0, 0.1) is 0 Å². The molecule has 2 aromatic rings. The van der Waals surface area contributed by atoms with Gasteiger partial charge in [0, 0.05) is 31.7 Å². The molecule has 2 fully saturated rings. The van der Waals surface area contributed by atoms with Crippen molar-refractivity contribution in [3.05, 3.63) is 71.3 Å². The van der Waals surface area contributed by atoms with Gasteiger partial charge < -0.3 is 5.32 Å². The Morgan fingerprint density at radius 1 is 0.962 bits per heavy atom. The summed E-state index contributed by atoms with van der Waals surface area (Å²) >= 11 is 0. The summed E-state index contributed by atoms with van der Waals surface area (Å²) in [7, 11) is -3.51. The van der Waals surface area contributed by atoms with Crippen LogP contribution >= 0.6 is 0 Å². The van der Waals surface area contributed by atoms with E-state index < -0.39 is 10.2 Å². The number of rotatable bonds is 3. The van der Waals surface area contributed by atoms with Crippen molar-refractivity contribution in [1.29, 1.82) is 0 Å². The quantitative estimate of drug-likeness (QED) is 0.899. The molecule has 26 heavy (non-hydrogen) atoms. The van der Waals surface area contributed by atoms with Crippen molar-refractivity contribution in [2.24, 2.45) is 0 Å². The summed E-state index contributed by atoms with van der Waals surface area (Å²) in [6.07, 6.45) is 1.69. The Labute approximate surface area is 154 Å². The lowest BCUT2D eigenvalue weighted by molar-refractivity contribution is 0.276. The van der Waals surface area contributed by atoms with Gasteiger partial charge in [-0.25, -0.2) is 0 Å². The summed E-state index contributed by atoms with van der Waals surface area (Å²) < 4.78 is 30.7. The van der Waals surface area contributed by atoms with E-state index >= 15 is 0 Å². The third kappa shape index (κ3) is 2.52. The van der Waals surface area contributed by atoms with E-state index in [2.05, 4.69) is 17.4 Å². The van der Waals surface area contributed by atoms with Crippen LogP contribution in [0.4, 0.5) is 0 Å². The van der Waals surface area contributed by atoms with E-state index in [4.69, 9.17) is 0 Å². The van der Waals surface area contributed by atoms with E-state index in [0.717, 1.165) is 30.5 Å². The number of hydrogen-bond donors (Lipinski definition) is 1. The molecular weight excluding hydrogens is 346 g/mol. The molecule has 0 amide bonds. The minimum atomic E-state index is -3.51. The lowest BCUT2D eigenvalue weighted by Crippen LogP contribution is -2.54. The third-order valence-electron chi connectivity index (χ3n) is 5.95. The van der Waals surface area contributed by atoms with Crippen molar-refractivity contribution in [2.45, 2.75) is 31.0 Å². The molecule has 2 saturated heterocycles. The summed E-state index contributed by atoms with van der Waals surface area (Å²) in [4.78, 5) is 0. The van der Waals surface area contributed by atoms with Crippen molar-refractivity contribution in [2.75, 3.05) is 19.6 Å². The standard InChI is InChI=1S/C20H23N3O2S/c24-26(25,23-14-17-12-18(23)13-21-17)22-11-10-15-6-4-5-9-19(15)20(22)16-7-2-1-3-8-16/h1-9,17-18,20-21H,10-14H2/t17-,18-,20?/m0/s1. The van der Waals surface area contributed by atoms with Gasteiger partial charge in [0.1, 0.15) is 0 Å². The summed E-state index contributed by atoms with van der Waals surface area (Å²) in [5.41, 5.74) is 3.39. The summed E-state index contributed by atoms with van der Waals surface area (Å²) in [6, 6.07) is 18.4. The van der Waals surface area contributed by atoms with Crippen molar-refractivity contribution in [1.82, 2.24) is 13.9 Å². The fourth-order valence-corrected chi connectivity index (χ4v) is 6.71. The van der Waals surface area contributed by atoms with Gasteiger partial charge in [0.15, 0.2) is 0 Å². The van der Waals surface area contributed by atoms with E-state index in [1.807, 2.05) is 42.5 Å². The zero-order valence-corrected chi connectivity index (χ0v) is 15.4. The minimum absolute atomic E-state index is 0.0959. The van der Waals surface area contributed by atoms with Gasteiger partial charge in [-0.1, -0.05) is 54.6 Å². The zero-order chi connectivity index (χ0) is 17.7. The van der Waals surface area contributed by atoms with Crippen LogP contribution in [-0.4, -0.2) is 48.7 Å². The van der Waals surface area contributed by atoms with Gasteiger partial charge in [-0.05, 0) is 29.5 Å². The van der Waals surface area contributed by atoms with Crippen LogP contribution in [0.15, 0.2) is 54.6 Å². The van der Waals surface area contributed by atoms with Crippen LogP contribution in [-0.2, 0) is 16.6 Å². The summed E-state index contributed by atoms with van der Waals surface area (Å²) in [5.74, 6) is 0. The lowest BCUT2D eigenvalue weighted by Gasteiger charge is -2.40. The highest BCUT2D eigenvalue weighted by atomic mass is 32.2. The molecule has 3 atom stereocenters. The second-order valence-corrected chi connectivity index (χ2v) is 9.28. The maximum absolute atomic E-state index is 13.6. The van der Waals surface area contributed by atoms with Crippen LogP contribution in [0.3, 0.4) is 0 Å². The molecular formula is C20H23N3O2S. The van der Waals surface area contributed by atoms with Gasteiger partial charge in [-0.3, -0.25) is 0 Å². The predicted molar refractivity (Wildman–Crippen MR) is 101 cm³/mol. The highest BCUT2D eigenvalue weighted by molar-refractivity contribution is 7.86. The molecule has 0 radical (unpaired) electrons. The Kier molecular flexibility index (Phi) is 3.90. The van der Waals surface area contributed by atoms with Crippen LogP contribution in [0.2, 0.25) is 0 Å². The number of fused-ring (bicyclic) bond motifs is 3. The maximum atomic E-state index is 13.6. The molecule has 6 heteroatoms. The van der Waals surface area contributed by atoms with Crippen LogP contribution < -0.4 is 5.32 Å². The smallest absolute Gasteiger partial charge is 0.283 e. The molecule has 5 rings (SSSR count). The normalized spacial score (nSPS) is 29.0. The first-order valence-corrected chi connectivity index (χ1v) is 10.7. The second kappa shape index (κ2) is 6.16. The van der Waals surface area contributed by atoms with Crippen molar-refractivity contribution < 1.29 is 8.42 Å². The summed E-state index contributed by atoms with van der Waals surface area (Å²) in [6.45, 7) is 1.89. The van der Waals surface area contributed by atoms with Crippen LogP contribution in [0.1, 0.15) is 29.2 Å².